The molecule has 1 aliphatic heterocycles. The van der Waals surface area contributed by atoms with Crippen molar-refractivity contribution in [1.82, 2.24) is 20.1 Å². The molecule has 1 N–H and O–H groups in total. The molecule has 0 aliphatic carbocycles. The largest absolute Gasteiger partial charge is 0.417 e. The Bertz CT molecular complexity index is 1250. The highest BCUT2D eigenvalue weighted by atomic mass is 35.5. The zero-order valence-corrected chi connectivity index (χ0v) is 18.9. The van der Waals surface area contributed by atoms with Gasteiger partial charge in [-0.1, -0.05) is 29.8 Å². The number of aromatic nitrogens is 3. The summed E-state index contributed by atoms with van der Waals surface area (Å²) in [6.07, 6.45) is -1.19. The molecule has 0 saturated carbocycles. The smallest absolute Gasteiger partial charge is 0.369 e. The van der Waals surface area contributed by atoms with E-state index in [4.69, 9.17) is 11.6 Å². The van der Waals surface area contributed by atoms with Gasteiger partial charge in [0.1, 0.15) is 5.02 Å². The van der Waals surface area contributed by atoms with Crippen molar-refractivity contribution in [2.45, 2.75) is 32.0 Å². The first-order valence-electron chi connectivity index (χ1n) is 10.6. The minimum atomic E-state index is -4.53. The Morgan fingerprint density at radius 1 is 1.12 bits per heavy atom. The molecule has 3 aromatic rings. The maximum absolute atomic E-state index is 12.8. The maximum Gasteiger partial charge on any atom is 0.417 e. The van der Waals surface area contributed by atoms with Crippen LogP contribution in [0.5, 0.6) is 0 Å². The fourth-order valence-electron chi connectivity index (χ4n) is 3.84. The zero-order chi connectivity index (χ0) is 24.5. The van der Waals surface area contributed by atoms with E-state index in [0.29, 0.717) is 43.4 Å². The number of nitrogens with zero attached hydrogens (tertiary/aromatic N) is 4. The summed E-state index contributed by atoms with van der Waals surface area (Å²) in [4.78, 5) is 30.9. The highest BCUT2D eigenvalue weighted by Crippen LogP contribution is 2.29. The SMILES string of the molecule is Cc1ccccc1C(=O)NC1CCN(c2cnn(-c3ccc(C(F)(F)F)cn3)c(=O)c2Cl)CC1. The zero-order valence-electron chi connectivity index (χ0n) is 18.1. The van der Waals surface area contributed by atoms with Crippen molar-refractivity contribution in [3.05, 3.63) is 80.9 Å². The van der Waals surface area contributed by atoms with E-state index < -0.39 is 17.3 Å². The quantitative estimate of drug-likeness (QED) is 0.596. The lowest BCUT2D eigenvalue weighted by Gasteiger charge is -2.34. The predicted octanol–water partition coefficient (Wildman–Crippen LogP) is 4.01. The summed E-state index contributed by atoms with van der Waals surface area (Å²) in [6.45, 7) is 2.97. The number of rotatable bonds is 4. The van der Waals surface area contributed by atoms with Crippen LogP contribution in [0.4, 0.5) is 18.9 Å². The maximum atomic E-state index is 12.8. The Balaban J connectivity index is 1.44. The van der Waals surface area contributed by atoms with Gasteiger partial charge in [0.05, 0.1) is 17.4 Å². The third-order valence-electron chi connectivity index (χ3n) is 5.75. The van der Waals surface area contributed by atoms with Gasteiger partial charge in [0, 0.05) is 30.9 Å². The number of hydrogen-bond donors (Lipinski definition) is 1. The van der Waals surface area contributed by atoms with Gasteiger partial charge in [0.2, 0.25) is 0 Å². The number of pyridine rings is 1. The van der Waals surface area contributed by atoms with E-state index in [1.807, 2.05) is 30.0 Å². The van der Waals surface area contributed by atoms with E-state index in [9.17, 15) is 22.8 Å². The minimum Gasteiger partial charge on any atom is -0.369 e. The average Bonchev–Trinajstić information content (AvgIpc) is 2.81. The van der Waals surface area contributed by atoms with Gasteiger partial charge in [0.15, 0.2) is 5.82 Å². The van der Waals surface area contributed by atoms with Gasteiger partial charge < -0.3 is 10.2 Å². The monoisotopic (exact) mass is 491 g/mol. The Morgan fingerprint density at radius 2 is 1.82 bits per heavy atom. The Labute approximate surface area is 198 Å². The molecule has 0 unspecified atom stereocenters. The van der Waals surface area contributed by atoms with Gasteiger partial charge in [-0.15, -0.1) is 0 Å². The van der Waals surface area contributed by atoms with Crippen LogP contribution in [0.1, 0.15) is 34.3 Å². The second-order valence-corrected chi connectivity index (χ2v) is 8.39. The number of nitrogens with one attached hydrogen (secondary N) is 1. The van der Waals surface area contributed by atoms with Crippen LogP contribution in [0.25, 0.3) is 5.82 Å². The summed E-state index contributed by atoms with van der Waals surface area (Å²) < 4.78 is 39.1. The highest BCUT2D eigenvalue weighted by Gasteiger charge is 2.31. The average molecular weight is 492 g/mol. The number of alkyl halides is 3. The Morgan fingerprint density at radius 3 is 2.44 bits per heavy atom. The number of carbonyl (C=O) groups excluding carboxylic acids is 1. The van der Waals surface area contributed by atoms with Gasteiger partial charge in [-0.05, 0) is 43.5 Å². The molecule has 1 fully saturated rings. The normalized spacial score (nSPS) is 14.8. The van der Waals surface area contributed by atoms with Crippen LogP contribution in [0.2, 0.25) is 5.02 Å². The lowest BCUT2D eigenvalue weighted by atomic mass is 10.0. The van der Waals surface area contributed by atoms with Crippen molar-refractivity contribution in [2.75, 3.05) is 18.0 Å². The topological polar surface area (TPSA) is 80.1 Å². The lowest BCUT2D eigenvalue weighted by molar-refractivity contribution is -0.137. The van der Waals surface area contributed by atoms with E-state index in [0.717, 1.165) is 22.4 Å². The molecule has 1 saturated heterocycles. The molecule has 1 aromatic carbocycles. The van der Waals surface area contributed by atoms with Crippen molar-refractivity contribution in [3.63, 3.8) is 0 Å². The predicted molar refractivity (Wildman–Crippen MR) is 122 cm³/mol. The standard InChI is InChI=1S/C23H21ClF3N5O2/c1-14-4-2-3-5-17(14)21(33)30-16-8-10-31(11-9-16)18-13-29-32(22(34)20(18)24)19-7-6-15(12-28-19)23(25,26)27/h2-7,12-13,16H,8-11H2,1H3,(H,30,33). The van der Waals surface area contributed by atoms with Crippen molar-refractivity contribution < 1.29 is 18.0 Å². The van der Waals surface area contributed by atoms with Crippen LogP contribution in [0.3, 0.4) is 0 Å². The summed E-state index contributed by atoms with van der Waals surface area (Å²) in [7, 11) is 0. The summed E-state index contributed by atoms with van der Waals surface area (Å²) in [5.74, 6) is -0.188. The molecule has 1 aliphatic rings. The second-order valence-electron chi connectivity index (χ2n) is 8.01. The van der Waals surface area contributed by atoms with Crippen molar-refractivity contribution in [2.24, 2.45) is 0 Å². The van der Waals surface area contributed by atoms with Gasteiger partial charge in [-0.3, -0.25) is 9.59 Å². The van der Waals surface area contributed by atoms with Crippen LogP contribution in [-0.4, -0.2) is 39.8 Å². The summed E-state index contributed by atoms with van der Waals surface area (Å²) in [6, 6.07) is 9.24. The van der Waals surface area contributed by atoms with E-state index >= 15 is 0 Å². The van der Waals surface area contributed by atoms with Crippen LogP contribution in [-0.2, 0) is 6.18 Å². The molecule has 0 bridgehead atoms. The molecule has 2 aromatic heterocycles. The van der Waals surface area contributed by atoms with Gasteiger partial charge in [0.25, 0.3) is 11.5 Å². The summed E-state index contributed by atoms with van der Waals surface area (Å²) >= 11 is 6.31. The first kappa shape index (κ1) is 23.7. The van der Waals surface area contributed by atoms with E-state index in [1.165, 1.54) is 6.20 Å². The van der Waals surface area contributed by atoms with Crippen LogP contribution in [0.15, 0.2) is 53.6 Å². The highest BCUT2D eigenvalue weighted by molar-refractivity contribution is 6.33. The van der Waals surface area contributed by atoms with Crippen molar-refractivity contribution in [1.29, 1.82) is 0 Å². The van der Waals surface area contributed by atoms with Crippen LogP contribution in [0, 0.1) is 6.92 Å². The molecule has 11 heteroatoms. The number of piperidine rings is 1. The molecule has 3 heterocycles. The van der Waals surface area contributed by atoms with Crippen molar-refractivity contribution in [3.8, 4) is 5.82 Å². The molecule has 34 heavy (non-hydrogen) atoms. The molecular formula is C23H21ClF3N5O2. The molecule has 1 amide bonds. The number of halogens is 4. The lowest BCUT2D eigenvalue weighted by Crippen LogP contribution is -2.45. The van der Waals surface area contributed by atoms with E-state index in [2.05, 4.69) is 15.4 Å². The summed E-state index contributed by atoms with van der Waals surface area (Å²) in [5.41, 5.74) is 0.361. The number of carbonyl (C=O) groups is 1. The van der Waals surface area contributed by atoms with Crippen LogP contribution >= 0.6 is 11.6 Å². The Kier molecular flexibility index (Phi) is 6.60. The molecule has 4 rings (SSSR count). The van der Waals surface area contributed by atoms with Gasteiger partial charge >= 0.3 is 6.18 Å². The number of anilines is 1. The molecule has 0 radical (unpaired) electrons. The van der Waals surface area contributed by atoms with Gasteiger partial charge in [-0.2, -0.15) is 23.0 Å². The molecular weight excluding hydrogens is 471 g/mol. The first-order chi connectivity index (χ1) is 16.1. The number of benzene rings is 1. The van der Waals surface area contributed by atoms with Crippen molar-refractivity contribution >= 4 is 23.2 Å². The molecule has 7 nitrogen and oxygen atoms in total. The van der Waals surface area contributed by atoms with Gasteiger partial charge in [-0.25, -0.2) is 4.98 Å². The third-order valence-corrected chi connectivity index (χ3v) is 6.11. The molecule has 0 atom stereocenters. The molecule has 178 valence electrons. The fourth-order valence-corrected chi connectivity index (χ4v) is 4.09. The Hall–Kier alpha value is -3.40. The summed E-state index contributed by atoms with van der Waals surface area (Å²) in [5, 5.41) is 7.01. The minimum absolute atomic E-state index is 0.0215. The third kappa shape index (κ3) is 4.91. The molecule has 0 spiro atoms. The van der Waals surface area contributed by atoms with Crippen LogP contribution < -0.4 is 15.8 Å². The second kappa shape index (κ2) is 9.46. The number of aryl methyl sites for hydroxylation is 1. The number of hydrogen-bond acceptors (Lipinski definition) is 5. The number of amides is 1. The van der Waals surface area contributed by atoms with E-state index in [-0.39, 0.29) is 22.8 Å². The van der Waals surface area contributed by atoms with E-state index in [1.54, 1.807) is 6.07 Å². The first-order valence-corrected chi connectivity index (χ1v) is 11.0. The fraction of sp³-hybridized carbons (Fsp3) is 0.304.